The Labute approximate surface area is 159 Å². The molecule has 0 unspecified atom stereocenters. The first-order valence-electron chi connectivity index (χ1n) is 8.41. The summed E-state index contributed by atoms with van der Waals surface area (Å²) in [5, 5.41) is 18.6. The number of carboxylic acids is 2. The van der Waals surface area contributed by atoms with Crippen molar-refractivity contribution < 1.29 is 28.9 Å². The summed E-state index contributed by atoms with van der Waals surface area (Å²) >= 11 is 0. The first-order valence-corrected chi connectivity index (χ1v) is 8.41. The molecule has 0 bridgehead atoms. The van der Waals surface area contributed by atoms with E-state index >= 15 is 0 Å². The van der Waals surface area contributed by atoms with Crippen LogP contribution in [0.2, 0.25) is 0 Å². The predicted octanol–water partition coefficient (Wildman–Crippen LogP) is -0.210. The van der Waals surface area contributed by atoms with Gasteiger partial charge < -0.3 is 19.8 Å². The van der Waals surface area contributed by atoms with Crippen molar-refractivity contribution in [2.45, 2.75) is 46.2 Å². The minimum absolute atomic E-state index is 0.529. The molecule has 0 saturated carbocycles. The number of hydrogen-bond donors (Lipinski definition) is 0. The summed E-state index contributed by atoms with van der Waals surface area (Å²) in [6, 6.07) is 1.06. The topological polar surface area (TPSA) is 97.9 Å². The molecule has 0 atom stereocenters. The number of carboxylic acid groups (broad SMARTS) is 2. The highest BCUT2D eigenvalue weighted by Gasteiger charge is 2.03. The molecule has 0 saturated heterocycles. The quantitative estimate of drug-likeness (QED) is 0.515. The van der Waals surface area contributed by atoms with Crippen LogP contribution in [0, 0.1) is 0 Å². The highest BCUT2D eigenvalue weighted by molar-refractivity contribution is 5.86. The Balaban J connectivity index is 0.000000384. The molecule has 0 aliphatic heterocycles. The Hall–Kier alpha value is -3.16. The van der Waals surface area contributed by atoms with Crippen LogP contribution in [0.4, 0.5) is 0 Å². The number of aliphatic carboxylic acids is 2. The Morgan fingerprint density at radius 3 is 1.33 bits per heavy atom. The van der Waals surface area contributed by atoms with Gasteiger partial charge in [-0.2, -0.15) is 0 Å². The Morgan fingerprint density at radius 2 is 1.22 bits per heavy atom. The number of imidazole rings is 2. The van der Waals surface area contributed by atoms with E-state index in [1.54, 1.807) is 12.4 Å². The van der Waals surface area contributed by atoms with Crippen LogP contribution in [0.25, 0.3) is 12.4 Å². The Morgan fingerprint density at radius 1 is 0.889 bits per heavy atom. The van der Waals surface area contributed by atoms with Crippen LogP contribution in [-0.2, 0) is 9.59 Å². The van der Waals surface area contributed by atoms with E-state index in [0.29, 0.717) is 12.1 Å². The standard InChI is InChI=1S/2C8H13N2.C3H4O4/c2*1-4-9-5-6-10(7-9)8(2)3;4-2(5)1-3(6)7/h2*4-8H,1H2,2-3H3;1H2,(H,4,5)(H,6,7)/q2*+1;/p-2. The van der Waals surface area contributed by atoms with E-state index in [1.165, 1.54) is 0 Å². The zero-order valence-corrected chi connectivity index (χ0v) is 16.3. The molecule has 2 rings (SSSR count). The van der Waals surface area contributed by atoms with E-state index in [2.05, 4.69) is 50.0 Å². The zero-order chi connectivity index (χ0) is 21.0. The molecule has 0 fully saturated rings. The molecular formula is C19H28N4O4. The molecule has 2 aromatic heterocycles. The molecule has 0 N–H and O–H groups in total. The van der Waals surface area contributed by atoms with Gasteiger partial charge in [-0.1, -0.05) is 13.2 Å². The van der Waals surface area contributed by atoms with Gasteiger partial charge in [0.15, 0.2) is 0 Å². The lowest BCUT2D eigenvalue weighted by atomic mass is 10.4. The summed E-state index contributed by atoms with van der Waals surface area (Å²) in [7, 11) is 0. The molecule has 8 nitrogen and oxygen atoms in total. The van der Waals surface area contributed by atoms with Gasteiger partial charge in [-0.3, -0.25) is 0 Å². The number of rotatable bonds is 6. The van der Waals surface area contributed by atoms with Crippen LogP contribution in [0.1, 0.15) is 46.2 Å². The fraction of sp³-hybridized carbons (Fsp3) is 0.368. The molecule has 0 aliphatic rings. The highest BCUT2D eigenvalue weighted by atomic mass is 16.4. The zero-order valence-electron chi connectivity index (χ0n) is 16.3. The van der Waals surface area contributed by atoms with Gasteiger partial charge in [-0.15, -0.1) is 0 Å². The number of carbonyl (C=O) groups excluding carboxylic acids is 2. The third kappa shape index (κ3) is 10.4. The van der Waals surface area contributed by atoms with Crippen LogP contribution >= 0.6 is 0 Å². The average Bonchev–Trinajstić information content (AvgIpc) is 3.24. The van der Waals surface area contributed by atoms with Crippen molar-refractivity contribution >= 4 is 24.3 Å². The number of aromatic nitrogens is 4. The second kappa shape index (κ2) is 12.2. The van der Waals surface area contributed by atoms with E-state index in [1.807, 2.05) is 46.6 Å². The second-order valence-corrected chi connectivity index (χ2v) is 6.09. The Kier molecular flexibility index (Phi) is 10.8. The maximum absolute atomic E-state index is 9.28. The molecule has 27 heavy (non-hydrogen) atoms. The molecular weight excluding hydrogens is 348 g/mol. The highest BCUT2D eigenvalue weighted by Crippen LogP contribution is 1.92. The van der Waals surface area contributed by atoms with Crippen molar-refractivity contribution in [2.24, 2.45) is 0 Å². The molecule has 0 spiro atoms. The fourth-order valence-electron chi connectivity index (χ4n) is 1.71. The van der Waals surface area contributed by atoms with Crippen LogP contribution in [0.3, 0.4) is 0 Å². The summed E-state index contributed by atoms with van der Waals surface area (Å²) in [5.41, 5.74) is 0. The third-order valence-electron chi connectivity index (χ3n) is 3.26. The van der Waals surface area contributed by atoms with Gasteiger partial charge in [0, 0.05) is 18.4 Å². The van der Waals surface area contributed by atoms with Gasteiger partial charge in [0.1, 0.15) is 24.8 Å². The van der Waals surface area contributed by atoms with Crippen molar-refractivity contribution in [1.82, 2.24) is 9.13 Å². The fourth-order valence-corrected chi connectivity index (χ4v) is 1.71. The number of nitrogens with zero attached hydrogens (tertiary/aromatic N) is 4. The minimum Gasteiger partial charge on any atom is -0.550 e. The summed E-state index contributed by atoms with van der Waals surface area (Å²) in [6.45, 7) is 15.9. The molecule has 2 aromatic rings. The predicted molar refractivity (Wildman–Crippen MR) is 97.4 cm³/mol. The minimum atomic E-state index is -1.63. The van der Waals surface area contributed by atoms with Gasteiger partial charge in [-0.25, -0.2) is 18.3 Å². The largest absolute Gasteiger partial charge is 0.550 e. The second-order valence-electron chi connectivity index (χ2n) is 6.09. The molecule has 148 valence electrons. The van der Waals surface area contributed by atoms with Crippen molar-refractivity contribution in [3.8, 4) is 0 Å². The average molecular weight is 376 g/mol. The van der Waals surface area contributed by atoms with Crippen molar-refractivity contribution in [3.63, 3.8) is 0 Å². The molecule has 0 aliphatic carbocycles. The van der Waals surface area contributed by atoms with E-state index in [-0.39, 0.29) is 0 Å². The molecule has 0 radical (unpaired) electrons. The SMILES string of the molecule is C=Cn1cc[n+](C(C)C)c1.C=Cn1cc[n+](C(C)C)c1.O=C([O-])CC(=O)[O-]. The summed E-state index contributed by atoms with van der Waals surface area (Å²) < 4.78 is 8.11. The van der Waals surface area contributed by atoms with Crippen molar-refractivity contribution in [1.29, 1.82) is 0 Å². The molecule has 0 amide bonds. The lowest BCUT2D eigenvalue weighted by Crippen LogP contribution is -2.33. The van der Waals surface area contributed by atoms with Crippen molar-refractivity contribution in [3.05, 3.63) is 50.6 Å². The first kappa shape index (κ1) is 23.8. The molecule has 2 heterocycles. The number of carbonyl (C=O) groups is 2. The van der Waals surface area contributed by atoms with E-state index in [0.717, 1.165) is 0 Å². The van der Waals surface area contributed by atoms with Gasteiger partial charge in [0.2, 0.25) is 12.7 Å². The first-order chi connectivity index (χ1) is 12.6. The molecule has 0 aromatic carbocycles. The normalized spacial score (nSPS) is 9.70. The number of hydrogen-bond acceptors (Lipinski definition) is 4. The maximum atomic E-state index is 9.28. The van der Waals surface area contributed by atoms with Gasteiger partial charge in [-0.05, 0) is 27.7 Å². The van der Waals surface area contributed by atoms with Crippen LogP contribution < -0.4 is 19.3 Å². The van der Waals surface area contributed by atoms with Crippen LogP contribution in [0.15, 0.2) is 50.6 Å². The monoisotopic (exact) mass is 376 g/mol. The van der Waals surface area contributed by atoms with E-state index in [4.69, 9.17) is 0 Å². The van der Waals surface area contributed by atoms with Crippen LogP contribution in [-0.4, -0.2) is 21.1 Å². The molecule has 8 heteroatoms. The lowest BCUT2D eigenvalue weighted by molar-refractivity contribution is -0.715. The maximum Gasteiger partial charge on any atom is 0.248 e. The van der Waals surface area contributed by atoms with Gasteiger partial charge in [0.25, 0.3) is 0 Å². The van der Waals surface area contributed by atoms with Gasteiger partial charge >= 0.3 is 0 Å². The van der Waals surface area contributed by atoms with Gasteiger partial charge in [0.05, 0.1) is 24.5 Å². The van der Waals surface area contributed by atoms with E-state index < -0.39 is 18.4 Å². The summed E-state index contributed by atoms with van der Waals surface area (Å²) in [6.07, 6.45) is 14.6. The summed E-state index contributed by atoms with van der Waals surface area (Å²) in [5.74, 6) is -3.25. The van der Waals surface area contributed by atoms with Crippen molar-refractivity contribution in [2.75, 3.05) is 0 Å². The lowest BCUT2D eigenvalue weighted by Gasteiger charge is -1.99. The third-order valence-corrected chi connectivity index (χ3v) is 3.26. The summed E-state index contributed by atoms with van der Waals surface area (Å²) in [4.78, 5) is 18.6. The van der Waals surface area contributed by atoms with E-state index in [9.17, 15) is 19.8 Å². The van der Waals surface area contributed by atoms with Crippen LogP contribution in [0.5, 0.6) is 0 Å². The Bertz CT molecular complexity index is 682. The smallest absolute Gasteiger partial charge is 0.248 e.